The van der Waals surface area contributed by atoms with Crippen molar-refractivity contribution in [2.45, 2.75) is 97.4 Å². The second-order valence-electron chi connectivity index (χ2n) is 12.7. The molecular weight excluding hydrogens is 598 g/mol. The summed E-state index contributed by atoms with van der Waals surface area (Å²) < 4.78 is 11.9. The minimum atomic E-state index is -0.376. The molecule has 1 aliphatic heterocycles. The Bertz CT molecular complexity index is 1430. The maximum atomic E-state index is 13.7. The number of rotatable bonds is 10. The molecule has 1 aliphatic carbocycles. The Balaban J connectivity index is 0.000000523. The molecule has 2 unspecified atom stereocenters. The van der Waals surface area contributed by atoms with Gasteiger partial charge in [-0.1, -0.05) is 49.7 Å². The molecule has 5 rings (SSSR count). The fourth-order valence-corrected chi connectivity index (χ4v) is 6.33. The van der Waals surface area contributed by atoms with Crippen LogP contribution in [0.2, 0.25) is 5.02 Å². The van der Waals surface area contributed by atoms with E-state index in [1.807, 2.05) is 86.3 Å². The highest BCUT2D eigenvalue weighted by atomic mass is 35.5. The highest BCUT2D eigenvalue weighted by Gasteiger charge is 2.36. The molecule has 1 fully saturated rings. The molecule has 0 saturated heterocycles. The number of hydrogen-bond acceptors (Lipinski definition) is 5. The number of nitrogens with two attached hydrogens (primary N) is 1. The third-order valence-corrected chi connectivity index (χ3v) is 9.64. The van der Waals surface area contributed by atoms with Crippen molar-refractivity contribution < 1.29 is 19.1 Å². The Kier molecular flexibility index (Phi) is 12.5. The lowest BCUT2D eigenvalue weighted by Crippen LogP contribution is -2.41. The molecule has 2 aliphatic rings. The molecule has 0 bridgehead atoms. The number of anilines is 1. The molecule has 46 heavy (non-hydrogen) atoms. The standard InChI is InChI=1S/C31H35ClN2O4.C7H15N/c1-6-20(3)38-29-18-27-24(16-28(29)37-5)17-30(36)34(31(27)23-8-12-25(32)13-9-23)26-14-10-22(11-15-26)21(4)33(7-2)19-35;1-6-2-4-7(8)5-3-6/h8-16,18-21,31H,6-7,17H2,1-5H3;6-7H,2-5,8H2,1H3/t20-,21?,31?;/m1./s1. The van der Waals surface area contributed by atoms with Gasteiger partial charge in [0.05, 0.1) is 31.7 Å². The first kappa shape index (κ1) is 35.3. The van der Waals surface area contributed by atoms with Crippen LogP contribution in [0.5, 0.6) is 11.5 Å². The van der Waals surface area contributed by atoms with Crippen LogP contribution in [0.25, 0.3) is 0 Å². The molecule has 1 heterocycles. The largest absolute Gasteiger partial charge is 0.493 e. The average Bonchev–Trinajstić information content (AvgIpc) is 3.06. The normalized spacial score (nSPS) is 20.5. The number of carbonyl (C=O) groups is 2. The zero-order chi connectivity index (χ0) is 33.4. The van der Waals surface area contributed by atoms with Crippen LogP contribution in [0.1, 0.15) is 101 Å². The Labute approximate surface area is 280 Å². The van der Waals surface area contributed by atoms with Crippen LogP contribution in [0.4, 0.5) is 5.69 Å². The van der Waals surface area contributed by atoms with Gasteiger partial charge in [-0.05, 0) is 117 Å². The number of amides is 2. The molecule has 3 aromatic rings. The van der Waals surface area contributed by atoms with Gasteiger partial charge in [0.2, 0.25) is 12.3 Å². The number of benzene rings is 3. The minimum Gasteiger partial charge on any atom is -0.493 e. The van der Waals surface area contributed by atoms with E-state index in [4.69, 9.17) is 26.8 Å². The van der Waals surface area contributed by atoms with Gasteiger partial charge in [0.15, 0.2) is 11.5 Å². The SMILES string of the molecule is CC1CCC(N)CC1.CC[C@@H](C)Oc1cc2c(cc1OC)CC(=O)N(c1ccc(C(C)N(C=O)CC)cc1)C2c1ccc(Cl)cc1. The van der Waals surface area contributed by atoms with E-state index in [-0.39, 0.29) is 30.5 Å². The topological polar surface area (TPSA) is 85.1 Å². The molecule has 0 radical (unpaired) electrons. The average molecular weight is 648 g/mol. The van der Waals surface area contributed by atoms with Crippen molar-refractivity contribution in [1.82, 2.24) is 4.90 Å². The van der Waals surface area contributed by atoms with E-state index in [9.17, 15) is 9.59 Å². The lowest BCUT2D eigenvalue weighted by Gasteiger charge is -2.38. The van der Waals surface area contributed by atoms with Crippen LogP contribution in [0.3, 0.4) is 0 Å². The summed E-state index contributed by atoms with van der Waals surface area (Å²) in [5.41, 5.74) is 10.3. The van der Waals surface area contributed by atoms with Gasteiger partial charge >= 0.3 is 0 Å². The van der Waals surface area contributed by atoms with Crippen molar-refractivity contribution in [3.05, 3.63) is 87.9 Å². The van der Waals surface area contributed by atoms with Crippen molar-refractivity contribution >= 4 is 29.6 Å². The molecule has 0 spiro atoms. The molecular formula is C38H50ClN3O4. The summed E-state index contributed by atoms with van der Waals surface area (Å²) in [6.45, 7) is 11.0. The summed E-state index contributed by atoms with van der Waals surface area (Å²) in [5.74, 6) is 2.20. The molecule has 8 heteroatoms. The highest BCUT2D eigenvalue weighted by molar-refractivity contribution is 6.30. The van der Waals surface area contributed by atoms with Crippen LogP contribution in [-0.2, 0) is 16.0 Å². The van der Waals surface area contributed by atoms with Gasteiger partial charge in [-0.3, -0.25) is 9.59 Å². The van der Waals surface area contributed by atoms with Crippen molar-refractivity contribution in [3.8, 4) is 11.5 Å². The summed E-state index contributed by atoms with van der Waals surface area (Å²) in [4.78, 5) is 28.7. The number of nitrogens with zero attached hydrogens (tertiary/aromatic N) is 2. The van der Waals surface area contributed by atoms with Gasteiger partial charge in [0.25, 0.3) is 0 Å². The Hall–Kier alpha value is -3.55. The second-order valence-corrected chi connectivity index (χ2v) is 13.1. The lowest BCUT2D eigenvalue weighted by molar-refractivity contribution is -0.120. The Morgan fingerprint density at radius 1 is 1.00 bits per heavy atom. The summed E-state index contributed by atoms with van der Waals surface area (Å²) in [6.07, 6.45) is 7.18. The summed E-state index contributed by atoms with van der Waals surface area (Å²) >= 11 is 6.22. The Morgan fingerprint density at radius 2 is 1.65 bits per heavy atom. The molecule has 3 aromatic carbocycles. The third kappa shape index (κ3) is 8.42. The zero-order valence-corrected chi connectivity index (χ0v) is 28.9. The van der Waals surface area contributed by atoms with Crippen molar-refractivity contribution in [3.63, 3.8) is 0 Å². The number of methoxy groups -OCH3 is 1. The van der Waals surface area contributed by atoms with Gasteiger partial charge in [0.1, 0.15) is 0 Å². The summed E-state index contributed by atoms with van der Waals surface area (Å²) in [5, 5.41) is 0.632. The van der Waals surface area contributed by atoms with Crippen LogP contribution in [0.15, 0.2) is 60.7 Å². The first-order chi connectivity index (χ1) is 22.1. The van der Waals surface area contributed by atoms with Gasteiger partial charge < -0.3 is 25.0 Å². The molecule has 7 nitrogen and oxygen atoms in total. The van der Waals surface area contributed by atoms with E-state index in [1.165, 1.54) is 25.7 Å². The Morgan fingerprint density at radius 3 is 2.20 bits per heavy atom. The number of ether oxygens (including phenoxy) is 2. The van der Waals surface area contributed by atoms with Crippen LogP contribution < -0.4 is 20.1 Å². The quantitative estimate of drug-likeness (QED) is 0.224. The molecule has 2 N–H and O–H groups in total. The van der Waals surface area contributed by atoms with E-state index in [0.717, 1.165) is 46.7 Å². The minimum absolute atomic E-state index is 0.0147. The predicted molar refractivity (Wildman–Crippen MR) is 187 cm³/mol. The maximum Gasteiger partial charge on any atom is 0.232 e. The summed E-state index contributed by atoms with van der Waals surface area (Å²) in [6, 6.07) is 19.5. The zero-order valence-electron chi connectivity index (χ0n) is 28.2. The molecule has 3 atom stereocenters. The van der Waals surface area contributed by atoms with E-state index in [1.54, 1.807) is 12.0 Å². The van der Waals surface area contributed by atoms with Crippen molar-refractivity contribution in [1.29, 1.82) is 0 Å². The van der Waals surface area contributed by atoms with Gasteiger partial charge in [-0.15, -0.1) is 0 Å². The van der Waals surface area contributed by atoms with E-state index >= 15 is 0 Å². The molecule has 1 saturated carbocycles. The fourth-order valence-electron chi connectivity index (χ4n) is 6.21. The van der Waals surface area contributed by atoms with Crippen LogP contribution in [-0.4, -0.2) is 43.0 Å². The van der Waals surface area contributed by atoms with Gasteiger partial charge in [0, 0.05) is 23.3 Å². The van der Waals surface area contributed by atoms with Crippen molar-refractivity contribution in [2.75, 3.05) is 18.6 Å². The number of fused-ring (bicyclic) bond motifs is 1. The first-order valence-corrected chi connectivity index (χ1v) is 17.0. The van der Waals surface area contributed by atoms with Gasteiger partial charge in [-0.25, -0.2) is 0 Å². The molecule has 248 valence electrons. The number of carbonyl (C=O) groups excluding carboxylic acids is 2. The van der Waals surface area contributed by atoms with Crippen molar-refractivity contribution in [2.24, 2.45) is 11.7 Å². The summed E-state index contributed by atoms with van der Waals surface area (Å²) in [7, 11) is 1.62. The third-order valence-electron chi connectivity index (χ3n) is 9.39. The highest BCUT2D eigenvalue weighted by Crippen LogP contribution is 2.44. The first-order valence-electron chi connectivity index (χ1n) is 16.6. The smallest absolute Gasteiger partial charge is 0.232 e. The lowest BCUT2D eigenvalue weighted by atomic mass is 9.86. The maximum absolute atomic E-state index is 13.7. The second kappa shape index (κ2) is 16.3. The molecule has 2 amide bonds. The predicted octanol–water partition coefficient (Wildman–Crippen LogP) is 8.27. The monoisotopic (exact) mass is 647 g/mol. The van der Waals surface area contributed by atoms with Crippen LogP contribution >= 0.6 is 11.6 Å². The van der Waals surface area contributed by atoms with E-state index in [2.05, 4.69) is 13.8 Å². The molecule has 0 aromatic heterocycles. The van der Waals surface area contributed by atoms with E-state index in [0.29, 0.717) is 29.1 Å². The number of halogens is 1. The number of hydrogen-bond donors (Lipinski definition) is 1. The van der Waals surface area contributed by atoms with E-state index < -0.39 is 0 Å². The van der Waals surface area contributed by atoms with Gasteiger partial charge in [-0.2, -0.15) is 0 Å². The fraction of sp³-hybridized carbons (Fsp3) is 0.474. The van der Waals surface area contributed by atoms with Crippen LogP contribution in [0, 0.1) is 5.92 Å².